The smallest absolute Gasteiger partial charge is 0.444 e. The van der Waals surface area contributed by atoms with Crippen molar-refractivity contribution >= 4 is 30.5 Å². The molecule has 0 unspecified atom stereocenters. The topological polar surface area (TPSA) is 106 Å². The molecule has 0 aromatic carbocycles. The van der Waals surface area contributed by atoms with E-state index in [1.807, 2.05) is 79.6 Å². The Morgan fingerprint density at radius 3 is 2.25 bits per heavy atom. The van der Waals surface area contributed by atoms with Crippen molar-refractivity contribution in [1.82, 2.24) is 20.2 Å². The highest BCUT2D eigenvalue weighted by molar-refractivity contribution is 6.61. The van der Waals surface area contributed by atoms with Gasteiger partial charge in [-0.15, -0.1) is 0 Å². The molecule has 11 heteroatoms. The molecule has 2 atom stereocenters. The van der Waals surface area contributed by atoms with Gasteiger partial charge in [0, 0.05) is 43.5 Å². The Morgan fingerprint density at radius 2 is 1.73 bits per heavy atom. The SMILES string of the molecule is CC(C)[C@H](NC(=O)OC(C)(C)C)C(=O)N1CCC[C@@H](CN(c2ncc(B3OC(C)(C)C(C)(C)O3)cn2)C2CC2)C1. The average molecular weight is 558 g/mol. The van der Waals surface area contributed by atoms with Crippen molar-refractivity contribution in [3.05, 3.63) is 12.4 Å². The van der Waals surface area contributed by atoms with Gasteiger partial charge in [-0.05, 0) is 86.0 Å². The molecule has 3 fully saturated rings. The number of hydrogen-bond acceptors (Lipinski definition) is 8. The van der Waals surface area contributed by atoms with Crippen LogP contribution in [0.2, 0.25) is 0 Å². The Hall–Kier alpha value is -2.40. The fourth-order valence-corrected chi connectivity index (χ4v) is 5.20. The van der Waals surface area contributed by atoms with Gasteiger partial charge >= 0.3 is 13.2 Å². The molecule has 1 aromatic heterocycles. The Morgan fingerprint density at radius 1 is 1.12 bits per heavy atom. The summed E-state index contributed by atoms with van der Waals surface area (Å²) in [5, 5.41) is 2.81. The van der Waals surface area contributed by atoms with E-state index in [0.717, 1.165) is 37.7 Å². The summed E-state index contributed by atoms with van der Waals surface area (Å²) < 4.78 is 17.7. The van der Waals surface area contributed by atoms with Crippen LogP contribution >= 0.6 is 0 Å². The van der Waals surface area contributed by atoms with Gasteiger partial charge in [0.2, 0.25) is 11.9 Å². The highest BCUT2D eigenvalue weighted by atomic mass is 16.7. The number of likely N-dealkylation sites (tertiary alicyclic amines) is 1. The van der Waals surface area contributed by atoms with Gasteiger partial charge in [-0.25, -0.2) is 14.8 Å². The molecule has 0 radical (unpaired) electrons. The van der Waals surface area contributed by atoms with Crippen LogP contribution in [0.4, 0.5) is 10.7 Å². The second kappa shape index (κ2) is 11.5. The molecule has 1 N–H and O–H groups in total. The van der Waals surface area contributed by atoms with E-state index in [9.17, 15) is 9.59 Å². The molecular formula is C29H48BN5O5. The van der Waals surface area contributed by atoms with Crippen LogP contribution in [-0.4, -0.2) is 82.5 Å². The first-order valence-corrected chi connectivity index (χ1v) is 14.8. The molecule has 2 aliphatic heterocycles. The van der Waals surface area contributed by atoms with E-state index in [1.165, 1.54) is 0 Å². The van der Waals surface area contributed by atoms with Gasteiger partial charge < -0.3 is 29.2 Å². The fraction of sp³-hybridized carbons (Fsp3) is 0.793. The van der Waals surface area contributed by atoms with Crippen molar-refractivity contribution in [2.75, 3.05) is 24.5 Å². The zero-order chi connectivity index (χ0) is 29.5. The van der Waals surface area contributed by atoms with E-state index >= 15 is 0 Å². The van der Waals surface area contributed by atoms with Gasteiger partial charge in [0.05, 0.1) is 11.2 Å². The lowest BCUT2D eigenvalue weighted by atomic mass is 9.81. The van der Waals surface area contributed by atoms with Crippen LogP contribution in [0.5, 0.6) is 0 Å². The molecule has 3 aliphatic rings. The Balaban J connectivity index is 1.39. The van der Waals surface area contributed by atoms with E-state index in [1.54, 1.807) is 0 Å². The van der Waals surface area contributed by atoms with E-state index in [-0.39, 0.29) is 11.8 Å². The van der Waals surface area contributed by atoms with Crippen molar-refractivity contribution in [3.63, 3.8) is 0 Å². The summed E-state index contributed by atoms with van der Waals surface area (Å²) in [5.41, 5.74) is -0.651. The molecule has 4 rings (SSSR count). The number of ether oxygens (including phenoxy) is 1. The molecule has 3 heterocycles. The number of amides is 2. The summed E-state index contributed by atoms with van der Waals surface area (Å²) in [6.07, 6.45) is 7.26. The maximum atomic E-state index is 13.5. The number of hydrogen-bond donors (Lipinski definition) is 1. The molecule has 1 aromatic rings. The first kappa shape index (κ1) is 30.6. The monoisotopic (exact) mass is 557 g/mol. The Kier molecular flexibility index (Phi) is 8.76. The van der Waals surface area contributed by atoms with Crippen LogP contribution in [0.25, 0.3) is 0 Å². The molecule has 0 bridgehead atoms. The standard InChI is InChI=1S/C29H48BN5O5/c1-19(2)23(33-26(37)38-27(3,4)5)24(36)34-14-10-11-20(17-34)18-35(22-12-13-22)25-31-15-21(16-32-25)30-39-28(6,7)29(8,9)40-30/h15-16,19-20,22-23H,10-14,17-18H2,1-9H3,(H,33,37)/t20-,23+/m1/s1. The summed E-state index contributed by atoms with van der Waals surface area (Å²) in [6, 6.07) is -0.204. The number of nitrogens with zero attached hydrogens (tertiary/aromatic N) is 4. The number of anilines is 1. The predicted octanol–water partition coefficient (Wildman–Crippen LogP) is 3.53. The molecular weight excluding hydrogens is 509 g/mol. The van der Waals surface area contributed by atoms with Crippen LogP contribution in [0.15, 0.2) is 12.4 Å². The van der Waals surface area contributed by atoms with Crippen LogP contribution in [-0.2, 0) is 18.8 Å². The van der Waals surface area contributed by atoms with Crippen molar-refractivity contribution in [3.8, 4) is 0 Å². The second-order valence-electron chi connectivity index (χ2n) is 13.9. The number of carbonyl (C=O) groups excluding carboxylic acids is 2. The number of carbonyl (C=O) groups is 2. The van der Waals surface area contributed by atoms with Crippen LogP contribution in [0.3, 0.4) is 0 Å². The molecule has 40 heavy (non-hydrogen) atoms. The van der Waals surface area contributed by atoms with Gasteiger partial charge in [-0.2, -0.15) is 0 Å². The zero-order valence-corrected chi connectivity index (χ0v) is 25.8. The largest absolute Gasteiger partial charge is 0.498 e. The molecule has 222 valence electrons. The summed E-state index contributed by atoms with van der Waals surface area (Å²) >= 11 is 0. The highest BCUT2D eigenvalue weighted by Gasteiger charge is 2.52. The summed E-state index contributed by atoms with van der Waals surface area (Å²) in [6.45, 7) is 19.6. The minimum Gasteiger partial charge on any atom is -0.444 e. The molecule has 2 amide bonds. The van der Waals surface area contributed by atoms with Crippen LogP contribution in [0.1, 0.15) is 88.0 Å². The third kappa shape index (κ3) is 7.27. The molecule has 1 aliphatic carbocycles. The second-order valence-corrected chi connectivity index (χ2v) is 13.9. The Labute approximate surface area is 240 Å². The van der Waals surface area contributed by atoms with Gasteiger partial charge in [0.15, 0.2) is 0 Å². The maximum absolute atomic E-state index is 13.5. The summed E-state index contributed by atoms with van der Waals surface area (Å²) in [4.78, 5) is 39.6. The predicted molar refractivity (Wildman–Crippen MR) is 155 cm³/mol. The van der Waals surface area contributed by atoms with Crippen molar-refractivity contribution in [2.45, 2.75) is 117 Å². The minimum absolute atomic E-state index is 0.0495. The van der Waals surface area contributed by atoms with Crippen LogP contribution < -0.4 is 15.7 Å². The van der Waals surface area contributed by atoms with E-state index in [2.05, 4.69) is 10.2 Å². The average Bonchev–Trinajstić information content (AvgIpc) is 3.66. The van der Waals surface area contributed by atoms with Crippen LogP contribution in [0, 0.1) is 11.8 Å². The lowest BCUT2D eigenvalue weighted by molar-refractivity contribution is -0.136. The summed E-state index contributed by atoms with van der Waals surface area (Å²) in [7, 11) is -0.491. The molecule has 10 nitrogen and oxygen atoms in total. The quantitative estimate of drug-likeness (QED) is 0.484. The fourth-order valence-electron chi connectivity index (χ4n) is 5.20. The Bertz CT molecular complexity index is 1040. The third-order valence-electron chi connectivity index (χ3n) is 8.32. The normalized spacial score (nSPS) is 23.2. The van der Waals surface area contributed by atoms with Gasteiger partial charge in [0.1, 0.15) is 11.6 Å². The lowest BCUT2D eigenvalue weighted by Gasteiger charge is -2.38. The first-order chi connectivity index (χ1) is 18.6. The number of alkyl carbamates (subject to hydrolysis) is 1. The van der Waals surface area contributed by atoms with E-state index in [0.29, 0.717) is 31.0 Å². The maximum Gasteiger partial charge on any atom is 0.498 e. The first-order valence-electron chi connectivity index (χ1n) is 14.8. The van der Waals surface area contributed by atoms with E-state index < -0.39 is 36.1 Å². The number of aromatic nitrogens is 2. The van der Waals surface area contributed by atoms with E-state index in [4.69, 9.17) is 24.0 Å². The lowest BCUT2D eigenvalue weighted by Crippen LogP contribution is -2.55. The number of nitrogens with one attached hydrogen (secondary N) is 1. The summed E-state index contributed by atoms with van der Waals surface area (Å²) in [5.74, 6) is 0.891. The molecule has 2 saturated heterocycles. The van der Waals surface area contributed by atoms with Gasteiger partial charge in [-0.1, -0.05) is 13.8 Å². The molecule has 0 spiro atoms. The minimum atomic E-state index is -0.626. The zero-order valence-electron chi connectivity index (χ0n) is 25.8. The van der Waals surface area contributed by atoms with Gasteiger partial charge in [-0.3, -0.25) is 4.79 Å². The van der Waals surface area contributed by atoms with Gasteiger partial charge in [0.25, 0.3) is 0 Å². The highest BCUT2D eigenvalue weighted by Crippen LogP contribution is 2.36. The molecule has 1 saturated carbocycles. The van der Waals surface area contributed by atoms with Crippen molar-refractivity contribution in [1.29, 1.82) is 0 Å². The number of piperidine rings is 1. The van der Waals surface area contributed by atoms with Crippen molar-refractivity contribution in [2.24, 2.45) is 11.8 Å². The number of rotatable bonds is 8. The van der Waals surface area contributed by atoms with Crippen molar-refractivity contribution < 1.29 is 23.6 Å². The third-order valence-corrected chi connectivity index (χ3v) is 8.32.